The van der Waals surface area contributed by atoms with Crippen LogP contribution in [0.2, 0.25) is 0 Å². The van der Waals surface area contributed by atoms with Crippen LogP contribution in [0.1, 0.15) is 15.9 Å². The maximum absolute atomic E-state index is 11.1. The summed E-state index contributed by atoms with van der Waals surface area (Å²) in [5, 5.41) is 11.3. The summed E-state index contributed by atoms with van der Waals surface area (Å²) in [6.07, 6.45) is 0. The van der Waals surface area contributed by atoms with Crippen LogP contribution in [0, 0.1) is 6.92 Å². The lowest BCUT2D eigenvalue weighted by Crippen LogP contribution is -1.99. The minimum Gasteiger partial charge on any atom is -0.478 e. The summed E-state index contributed by atoms with van der Waals surface area (Å²) in [4.78, 5) is 14.3. The second-order valence-electron chi connectivity index (χ2n) is 4.14. The highest BCUT2D eigenvalue weighted by molar-refractivity contribution is 6.10. The van der Waals surface area contributed by atoms with E-state index >= 15 is 0 Å². The van der Waals surface area contributed by atoms with Gasteiger partial charge in [-0.25, -0.2) is 4.79 Å². The third-order valence-corrected chi connectivity index (χ3v) is 3.17. The van der Waals surface area contributed by atoms with E-state index < -0.39 is 5.97 Å². The van der Waals surface area contributed by atoms with Gasteiger partial charge >= 0.3 is 5.97 Å². The van der Waals surface area contributed by atoms with Crippen LogP contribution in [0.3, 0.4) is 0 Å². The Morgan fingerprint density at radius 3 is 2.65 bits per heavy atom. The fraction of sp³-hybridized carbons (Fsp3) is 0.0714. The van der Waals surface area contributed by atoms with Crippen LogP contribution in [-0.4, -0.2) is 16.1 Å². The molecule has 0 aliphatic heterocycles. The number of para-hydroxylation sites is 1. The number of aromatic nitrogens is 1. The maximum Gasteiger partial charge on any atom is 0.336 e. The molecule has 0 radical (unpaired) electrons. The average Bonchev–Trinajstić information content (AvgIpc) is 2.69. The van der Waals surface area contributed by atoms with Crippen molar-refractivity contribution < 1.29 is 9.90 Å². The molecule has 3 rings (SSSR count). The predicted molar refractivity (Wildman–Crippen MR) is 67.5 cm³/mol. The van der Waals surface area contributed by atoms with Crippen LogP contribution in [0.15, 0.2) is 36.4 Å². The first-order valence-electron chi connectivity index (χ1n) is 5.42. The van der Waals surface area contributed by atoms with Crippen LogP contribution in [0.25, 0.3) is 21.8 Å². The van der Waals surface area contributed by atoms with Crippen LogP contribution in [-0.2, 0) is 0 Å². The molecule has 3 aromatic rings. The standard InChI is InChI=1S/C14H11NO2/c1-8-9(14(16)17)6-7-11-10-4-2-3-5-12(10)15-13(8)11/h2-7,15H,1H3,(H,16,17). The molecule has 0 bridgehead atoms. The van der Waals surface area contributed by atoms with E-state index in [2.05, 4.69) is 4.98 Å². The number of aromatic amines is 1. The van der Waals surface area contributed by atoms with Crippen molar-refractivity contribution in [1.29, 1.82) is 0 Å². The fourth-order valence-corrected chi connectivity index (χ4v) is 2.29. The maximum atomic E-state index is 11.1. The molecule has 2 N–H and O–H groups in total. The van der Waals surface area contributed by atoms with E-state index in [1.54, 1.807) is 6.07 Å². The molecule has 0 atom stereocenters. The van der Waals surface area contributed by atoms with Crippen molar-refractivity contribution in [3.63, 3.8) is 0 Å². The number of aryl methyl sites for hydroxylation is 1. The molecule has 0 aliphatic carbocycles. The minimum absolute atomic E-state index is 0.351. The van der Waals surface area contributed by atoms with Crippen LogP contribution < -0.4 is 0 Å². The molecule has 0 aliphatic rings. The number of hydrogen-bond donors (Lipinski definition) is 2. The highest BCUT2D eigenvalue weighted by atomic mass is 16.4. The van der Waals surface area contributed by atoms with Gasteiger partial charge in [0, 0.05) is 16.3 Å². The normalized spacial score (nSPS) is 11.1. The monoisotopic (exact) mass is 225 g/mol. The van der Waals surface area contributed by atoms with Gasteiger partial charge in [0.2, 0.25) is 0 Å². The number of carboxylic acid groups (broad SMARTS) is 1. The fourth-order valence-electron chi connectivity index (χ4n) is 2.29. The van der Waals surface area contributed by atoms with Gasteiger partial charge in [0.15, 0.2) is 0 Å². The number of aromatic carboxylic acids is 1. The molecular formula is C14H11NO2. The summed E-state index contributed by atoms with van der Waals surface area (Å²) < 4.78 is 0. The summed E-state index contributed by atoms with van der Waals surface area (Å²) in [5.74, 6) is -0.886. The van der Waals surface area contributed by atoms with Gasteiger partial charge in [-0.2, -0.15) is 0 Å². The Bertz CT molecular complexity index is 740. The Kier molecular flexibility index (Phi) is 1.95. The molecule has 1 heterocycles. The lowest BCUT2D eigenvalue weighted by molar-refractivity contribution is 0.0696. The molecule has 0 saturated carbocycles. The van der Waals surface area contributed by atoms with Crippen molar-refractivity contribution in [2.45, 2.75) is 6.92 Å². The Labute approximate surface area is 97.7 Å². The van der Waals surface area contributed by atoms with Crippen molar-refractivity contribution in [2.24, 2.45) is 0 Å². The van der Waals surface area contributed by atoms with Crippen molar-refractivity contribution in [3.05, 3.63) is 47.5 Å². The Morgan fingerprint density at radius 1 is 1.12 bits per heavy atom. The van der Waals surface area contributed by atoms with Gasteiger partial charge in [0.05, 0.1) is 11.1 Å². The van der Waals surface area contributed by atoms with E-state index in [0.29, 0.717) is 5.56 Å². The van der Waals surface area contributed by atoms with Crippen LogP contribution in [0.4, 0.5) is 0 Å². The largest absolute Gasteiger partial charge is 0.478 e. The van der Waals surface area contributed by atoms with Gasteiger partial charge in [-0.05, 0) is 24.6 Å². The van der Waals surface area contributed by atoms with Crippen molar-refractivity contribution in [1.82, 2.24) is 4.98 Å². The van der Waals surface area contributed by atoms with Crippen LogP contribution in [0.5, 0.6) is 0 Å². The zero-order valence-electron chi connectivity index (χ0n) is 9.32. The summed E-state index contributed by atoms with van der Waals surface area (Å²) >= 11 is 0. The summed E-state index contributed by atoms with van der Waals surface area (Å²) in [6, 6.07) is 11.5. The van der Waals surface area contributed by atoms with Crippen LogP contribution >= 0.6 is 0 Å². The molecule has 2 aromatic carbocycles. The van der Waals surface area contributed by atoms with Gasteiger partial charge in [-0.15, -0.1) is 0 Å². The van der Waals surface area contributed by atoms with E-state index in [4.69, 9.17) is 5.11 Å². The SMILES string of the molecule is Cc1c(C(=O)O)ccc2c1[nH]c1ccccc12. The molecule has 84 valence electrons. The molecular weight excluding hydrogens is 214 g/mol. The number of H-pyrrole nitrogens is 1. The molecule has 17 heavy (non-hydrogen) atoms. The topological polar surface area (TPSA) is 53.1 Å². The Morgan fingerprint density at radius 2 is 1.88 bits per heavy atom. The number of rotatable bonds is 1. The van der Waals surface area contributed by atoms with E-state index in [0.717, 1.165) is 27.4 Å². The molecule has 0 unspecified atom stereocenters. The summed E-state index contributed by atoms with van der Waals surface area (Å²) in [5.41, 5.74) is 3.08. The summed E-state index contributed by atoms with van der Waals surface area (Å²) in [6.45, 7) is 1.83. The van der Waals surface area contributed by atoms with Crippen molar-refractivity contribution in [2.75, 3.05) is 0 Å². The lowest BCUT2D eigenvalue weighted by atomic mass is 10.0. The Balaban J connectivity index is 2.48. The zero-order chi connectivity index (χ0) is 12.0. The van der Waals surface area contributed by atoms with Gasteiger partial charge in [-0.3, -0.25) is 0 Å². The predicted octanol–water partition coefficient (Wildman–Crippen LogP) is 3.33. The molecule has 3 nitrogen and oxygen atoms in total. The van der Waals surface area contributed by atoms with Gasteiger partial charge in [0.1, 0.15) is 0 Å². The molecule has 3 heteroatoms. The van der Waals surface area contributed by atoms with Crippen molar-refractivity contribution >= 4 is 27.8 Å². The van der Waals surface area contributed by atoms with Crippen molar-refractivity contribution in [3.8, 4) is 0 Å². The average molecular weight is 225 g/mol. The number of fused-ring (bicyclic) bond motifs is 3. The molecule has 0 fully saturated rings. The zero-order valence-corrected chi connectivity index (χ0v) is 9.32. The first-order valence-corrected chi connectivity index (χ1v) is 5.42. The molecule has 0 spiro atoms. The minimum atomic E-state index is -0.886. The van der Waals surface area contributed by atoms with E-state index in [1.165, 1.54) is 0 Å². The lowest BCUT2D eigenvalue weighted by Gasteiger charge is -2.01. The van der Waals surface area contributed by atoms with Gasteiger partial charge in [-0.1, -0.05) is 24.3 Å². The number of carbonyl (C=O) groups is 1. The summed E-state index contributed by atoms with van der Waals surface area (Å²) in [7, 11) is 0. The van der Waals surface area contributed by atoms with Gasteiger partial charge in [0.25, 0.3) is 0 Å². The molecule has 1 aromatic heterocycles. The number of hydrogen-bond acceptors (Lipinski definition) is 1. The second-order valence-corrected chi connectivity index (χ2v) is 4.14. The molecule has 0 saturated heterocycles. The highest BCUT2D eigenvalue weighted by Crippen LogP contribution is 2.28. The third-order valence-electron chi connectivity index (χ3n) is 3.17. The smallest absolute Gasteiger partial charge is 0.336 e. The third kappa shape index (κ3) is 1.32. The number of nitrogens with one attached hydrogen (secondary N) is 1. The first-order chi connectivity index (χ1) is 8.18. The number of benzene rings is 2. The van der Waals surface area contributed by atoms with E-state index in [-0.39, 0.29) is 0 Å². The van der Waals surface area contributed by atoms with E-state index in [9.17, 15) is 4.79 Å². The first kappa shape index (κ1) is 9.90. The quantitative estimate of drug-likeness (QED) is 0.667. The second kappa shape index (κ2) is 3.35. The highest BCUT2D eigenvalue weighted by Gasteiger charge is 2.12. The number of carboxylic acids is 1. The van der Waals surface area contributed by atoms with E-state index in [1.807, 2.05) is 37.3 Å². The van der Waals surface area contributed by atoms with Gasteiger partial charge < -0.3 is 10.1 Å². The molecule has 0 amide bonds. The Hall–Kier alpha value is -2.29.